The number of rotatable bonds is 44. The molecular weight excluding hydrogens is 1750 g/mol. The number of cyclic esters (lactones) is 1. The molecule has 44 heteroatoms. The number of ketones is 1. The van der Waals surface area contributed by atoms with Gasteiger partial charge < -0.3 is 140 Å². The lowest BCUT2D eigenvalue weighted by Crippen LogP contribution is -2.61. The van der Waals surface area contributed by atoms with Crippen molar-refractivity contribution < 1.29 is 153 Å². The van der Waals surface area contributed by atoms with Gasteiger partial charge in [-0.3, -0.25) is 57.4 Å². The SMILES string of the molecule is C=C1C[C@@H]2CC[C@@]34C[C@H]5O[C@H]6[C@@H](O3)[C@H]3O[C@H](CC[C@@H]3O[C@H]6[C@H]5O4)CC(=O)C[C@@H]3[C@@H](OC)[C@@H](C[C@H](O)CNC(=O)OCc4ccc(NC(=O)[C@H](CCCNC(N)=O)NC(=O)[C@@H](NC(=O)[C@H](CC(=O)N[C@H]5CCOC5=O)NC(=O)CCOCCOCCOCCOCCNC(=O)[C@H](CNC(=O)CCP(=O)(O)O)N5C(=O)C=CC5=O)C(C)C)cc4)O[C@H]3C[C@H]3O[C@@H](CC[C@@H]1O2)C[C@@H](C)C3=C. The number of carbonyl (C=O) groups is 13. The van der Waals surface area contributed by atoms with Crippen LogP contribution in [0.4, 0.5) is 15.3 Å². The van der Waals surface area contributed by atoms with Gasteiger partial charge in [0.05, 0.1) is 139 Å². The van der Waals surface area contributed by atoms with Crippen molar-refractivity contribution >= 4 is 90.3 Å². The molecule has 14 N–H and O–H groups in total. The maximum atomic E-state index is 14.6. The maximum Gasteiger partial charge on any atom is 0.407 e. The van der Waals surface area contributed by atoms with Crippen LogP contribution in [-0.2, 0) is 135 Å². The first-order valence-electron chi connectivity index (χ1n) is 45.7. The predicted octanol–water partition coefficient (Wildman–Crippen LogP) is 0.275. The van der Waals surface area contributed by atoms with Crippen LogP contribution in [0.15, 0.2) is 60.7 Å². The van der Waals surface area contributed by atoms with Crippen LogP contribution in [-0.4, -0.2) is 329 Å². The van der Waals surface area contributed by atoms with Crippen molar-refractivity contribution in [2.24, 2.45) is 23.5 Å². The molecule has 0 aromatic heterocycles. The molecule has 24 atom stereocenters. The zero-order valence-electron chi connectivity index (χ0n) is 74.9. The Kier molecular flexibility index (Phi) is 37.2. The van der Waals surface area contributed by atoms with E-state index >= 15 is 0 Å². The summed E-state index contributed by atoms with van der Waals surface area (Å²) < 4.78 is 105. The van der Waals surface area contributed by atoms with Crippen LogP contribution in [0.3, 0.4) is 0 Å². The molecule has 11 fully saturated rings. The number of fused-ring (bicyclic) bond motifs is 6. The van der Waals surface area contributed by atoms with E-state index < -0.39 is 201 Å². The van der Waals surface area contributed by atoms with Gasteiger partial charge in [0.15, 0.2) is 5.79 Å². The number of amides is 12. The number of urea groups is 1. The monoisotopic (exact) mass is 1880 g/mol. The number of anilines is 1. The largest absolute Gasteiger partial charge is 0.464 e. The van der Waals surface area contributed by atoms with Gasteiger partial charge >= 0.3 is 25.7 Å². The molecular formula is C88H128N11O32P. The highest BCUT2D eigenvalue weighted by atomic mass is 31.2. The second-order valence-electron chi connectivity index (χ2n) is 35.8. The molecule has 1 aromatic rings. The third-order valence-corrected chi connectivity index (χ3v) is 26.5. The highest BCUT2D eigenvalue weighted by Gasteiger charge is 2.69. The van der Waals surface area contributed by atoms with E-state index in [1.54, 1.807) is 33.1 Å². The van der Waals surface area contributed by atoms with E-state index in [9.17, 15) is 72.0 Å². The van der Waals surface area contributed by atoms with E-state index in [2.05, 4.69) is 67.9 Å². The smallest absolute Gasteiger partial charge is 0.407 e. The summed E-state index contributed by atoms with van der Waals surface area (Å²) in [4.78, 5) is 190. The van der Waals surface area contributed by atoms with Crippen LogP contribution in [0.25, 0.3) is 0 Å². The molecule has 1 spiro atoms. The molecule has 12 amide bonds. The van der Waals surface area contributed by atoms with Gasteiger partial charge in [-0.1, -0.05) is 46.1 Å². The number of nitrogens with two attached hydrogens (primary N) is 1. The Hall–Kier alpha value is -8.86. The van der Waals surface area contributed by atoms with Crippen molar-refractivity contribution in [2.75, 3.05) is 104 Å². The van der Waals surface area contributed by atoms with Crippen LogP contribution in [0, 0.1) is 17.8 Å². The Balaban J connectivity index is 0.577. The number of hydrogen-bond donors (Lipinski definition) is 13. The summed E-state index contributed by atoms with van der Waals surface area (Å²) >= 11 is 0. The fourth-order valence-electron chi connectivity index (χ4n) is 18.8. The molecule has 43 nitrogen and oxygen atoms in total. The van der Waals surface area contributed by atoms with Crippen molar-refractivity contribution in [2.45, 2.75) is 283 Å². The summed E-state index contributed by atoms with van der Waals surface area (Å²) in [6.07, 6.45) is -0.699. The second-order valence-corrected chi connectivity index (χ2v) is 37.6. The number of Topliss-reactive ketones (excluding diaryl/α,β-unsaturated/α-hetero) is 1. The van der Waals surface area contributed by atoms with Gasteiger partial charge in [-0.25, -0.2) is 14.4 Å². The number of methoxy groups -OCH3 is 1. The van der Waals surface area contributed by atoms with Crippen molar-refractivity contribution in [1.29, 1.82) is 0 Å². The lowest BCUT2D eigenvalue weighted by molar-refractivity contribution is -0.292. The van der Waals surface area contributed by atoms with Crippen molar-refractivity contribution in [3.63, 3.8) is 0 Å². The number of hydrogen-bond acceptors (Lipinski definition) is 30. The number of carbonyl (C=O) groups excluding carboxylic acids is 13. The van der Waals surface area contributed by atoms with E-state index in [1.807, 2.05) is 0 Å². The van der Waals surface area contributed by atoms with Gasteiger partial charge in [-0.2, -0.15) is 0 Å². The Morgan fingerprint density at radius 3 is 2.02 bits per heavy atom. The Morgan fingerprint density at radius 2 is 1.32 bits per heavy atom. The summed E-state index contributed by atoms with van der Waals surface area (Å²) in [6, 6.07) is -1.37. The zero-order valence-corrected chi connectivity index (χ0v) is 75.8. The molecule has 0 unspecified atom stereocenters. The van der Waals surface area contributed by atoms with Gasteiger partial charge in [-0.15, -0.1) is 0 Å². The Morgan fingerprint density at radius 1 is 0.636 bits per heavy atom. The molecule has 0 aliphatic carbocycles. The van der Waals surface area contributed by atoms with Crippen LogP contribution >= 0.6 is 7.60 Å². The minimum atomic E-state index is -4.48. The fourth-order valence-corrected chi connectivity index (χ4v) is 19.3. The number of ether oxygens (including phenoxy) is 15. The Labute approximate surface area is 764 Å². The van der Waals surface area contributed by atoms with Gasteiger partial charge in [0.2, 0.25) is 41.4 Å². The third kappa shape index (κ3) is 28.6. The number of benzene rings is 1. The summed E-state index contributed by atoms with van der Waals surface area (Å²) in [7, 11) is -2.93. The topological polar surface area (TPSA) is 576 Å². The molecule has 11 saturated heterocycles. The number of aliphatic hydroxyl groups is 1. The summed E-state index contributed by atoms with van der Waals surface area (Å²) in [5.74, 6) is -9.87. The van der Waals surface area contributed by atoms with Crippen molar-refractivity contribution in [1.82, 2.24) is 47.4 Å². The first kappa shape index (κ1) is 102. The lowest BCUT2D eigenvalue weighted by Gasteiger charge is -2.47. The molecule has 0 radical (unpaired) electrons. The van der Waals surface area contributed by atoms with E-state index in [0.29, 0.717) is 42.6 Å². The van der Waals surface area contributed by atoms with Crippen molar-refractivity contribution in [3.05, 3.63) is 66.3 Å². The third-order valence-electron chi connectivity index (χ3n) is 25.7. The predicted molar refractivity (Wildman–Crippen MR) is 460 cm³/mol. The summed E-state index contributed by atoms with van der Waals surface area (Å²) in [5.41, 5.74) is 8.06. The van der Waals surface area contributed by atoms with Crippen LogP contribution in [0.1, 0.15) is 148 Å². The molecule has 0 saturated carbocycles. The highest BCUT2D eigenvalue weighted by molar-refractivity contribution is 7.51. The minimum Gasteiger partial charge on any atom is -0.464 e. The van der Waals surface area contributed by atoms with Crippen LogP contribution < -0.4 is 53.6 Å². The van der Waals surface area contributed by atoms with Gasteiger partial charge in [0, 0.05) is 115 Å². The molecule has 732 valence electrons. The molecule has 132 heavy (non-hydrogen) atoms. The number of alkyl carbamates (subject to hydrolysis) is 1. The first-order chi connectivity index (χ1) is 63.1. The van der Waals surface area contributed by atoms with Gasteiger partial charge in [0.25, 0.3) is 11.8 Å². The number of imide groups is 1. The fraction of sp³-hybridized carbons (Fsp3) is 0.716. The van der Waals surface area contributed by atoms with Crippen molar-refractivity contribution in [3.8, 4) is 0 Å². The quantitative estimate of drug-likeness (QED) is 0.0137. The molecule has 12 heterocycles. The summed E-state index contributed by atoms with van der Waals surface area (Å²) in [5, 5.41) is 34.6. The number of esters is 1. The van der Waals surface area contributed by atoms with E-state index in [-0.39, 0.29) is 197 Å². The van der Waals surface area contributed by atoms with Crippen LogP contribution in [0.5, 0.6) is 0 Å². The Bertz CT molecular complexity index is 4310. The van der Waals surface area contributed by atoms with E-state index in [4.69, 9.17) is 86.6 Å². The van der Waals surface area contributed by atoms with Gasteiger partial charge in [0.1, 0.15) is 73.1 Å². The molecule has 13 rings (SSSR count). The minimum absolute atomic E-state index is 0.00944. The summed E-state index contributed by atoms with van der Waals surface area (Å²) in [6.45, 7) is 13.8. The number of nitrogens with zero attached hydrogens (tertiary/aromatic N) is 1. The van der Waals surface area contributed by atoms with Gasteiger partial charge in [-0.05, 0) is 98.5 Å². The standard InChI is InChI=1S/C88H128N11O32P/c1-47(2)74(98-82(108)61(41-71(104)95-60-20-27-122-85(60)111)96-70(103)21-26-118-29-31-120-33-34-121-32-30-119-28-25-90-83(109)62(99-72(105)17-18-73(99)106)45-92-69(102)22-35-132(114,115)116)84(110)97-59(8-7-24-91-86(89)112)81(107)94-52-11-9-51(10-12-52)46-123-87(113)93-44-54(101)40-67-75(117-6)58-39-53(100)38-56-14-16-64-76(126-56)80-79-78(128-64)77-68(129-79)43-88(130-77,131-80)23-19-57-37-49(4)63(124-57)15-13-55-36-48(3)50(5)65(125-55)42-66(58)127-67/h9-12,17-18,47-48,54-68,74-80,101H,4-5,7-8,13-16,19-46H2,1-3,6H3,(H,90,109)(H,92,102)(H,93,113)(H,94,107)(H,95,104)(H,96,103)(H,97,110)(H,98,108)(H3,89,91,112)(H2,114,115,116)/t48-,54+,55+,56-,57+,58+,59+,60+,61+,62+,63+,64+,65-,66+,67-,68-,74+,75-,76+,77+,78+,79-,80+,88+/m1/s1. The average Bonchev–Trinajstić information content (AvgIpc) is 1.55. The first-order valence-corrected chi connectivity index (χ1v) is 47.5. The lowest BCUT2D eigenvalue weighted by atomic mass is 9.81. The van der Waals surface area contributed by atoms with E-state index in [0.717, 1.165) is 55.4 Å². The number of primary amides is 1. The number of aliphatic hydroxyl groups excluding tert-OH is 1. The highest BCUT2D eigenvalue weighted by Crippen LogP contribution is 2.55. The molecule has 1 aromatic carbocycles. The zero-order chi connectivity index (χ0) is 94.5. The van der Waals surface area contributed by atoms with Crippen LogP contribution in [0.2, 0.25) is 0 Å². The number of nitrogens with one attached hydrogen (secondary N) is 9. The normalized spacial score (nSPS) is 30.1. The molecule has 12 aliphatic rings. The second kappa shape index (κ2) is 48.0. The molecule has 12 bridgehead atoms. The van der Waals surface area contributed by atoms with E-state index in [1.165, 1.54) is 12.1 Å². The average molecular weight is 1880 g/mol. The maximum absolute atomic E-state index is 14.6. The molecule has 12 aliphatic heterocycles.